The van der Waals surface area contributed by atoms with Crippen LogP contribution in [0.2, 0.25) is 0 Å². The van der Waals surface area contributed by atoms with Gasteiger partial charge in [0.25, 0.3) is 0 Å². The highest BCUT2D eigenvalue weighted by atomic mass is 16.2. The molecule has 0 bridgehead atoms. The lowest BCUT2D eigenvalue weighted by atomic mass is 10.1. The van der Waals surface area contributed by atoms with Crippen molar-refractivity contribution in [1.82, 2.24) is 10.6 Å². The fourth-order valence-electron chi connectivity index (χ4n) is 2.17. The summed E-state index contributed by atoms with van der Waals surface area (Å²) in [7, 11) is 0. The van der Waals surface area contributed by atoms with E-state index in [-0.39, 0.29) is 0 Å². The largest absolute Gasteiger partial charge is 0.348 e. The number of benzene rings is 2. The average molecular weight is 311 g/mol. The van der Waals surface area contributed by atoms with Gasteiger partial charge in [0.1, 0.15) is 0 Å². The molecule has 5 nitrogen and oxygen atoms in total. The summed E-state index contributed by atoms with van der Waals surface area (Å²) in [4.78, 5) is 23.5. The van der Waals surface area contributed by atoms with Crippen molar-refractivity contribution in [2.75, 3.05) is 6.54 Å². The van der Waals surface area contributed by atoms with Gasteiger partial charge in [-0.15, -0.1) is 0 Å². The predicted molar refractivity (Wildman–Crippen MR) is 89.3 cm³/mol. The van der Waals surface area contributed by atoms with Gasteiger partial charge in [-0.05, 0) is 23.1 Å². The lowest BCUT2D eigenvalue weighted by Crippen LogP contribution is -2.40. The SMILES string of the molecule is NCc1cccc(CNC(=O)C(=O)NCCc2ccccc2)c1. The molecule has 0 unspecified atom stereocenters. The van der Waals surface area contributed by atoms with E-state index in [9.17, 15) is 9.59 Å². The Morgan fingerprint density at radius 2 is 1.48 bits per heavy atom. The Hall–Kier alpha value is -2.66. The van der Waals surface area contributed by atoms with Gasteiger partial charge in [-0.2, -0.15) is 0 Å². The Morgan fingerprint density at radius 3 is 2.22 bits per heavy atom. The third kappa shape index (κ3) is 5.56. The summed E-state index contributed by atoms with van der Waals surface area (Å²) < 4.78 is 0. The standard InChI is InChI=1S/C18H21N3O2/c19-12-15-7-4-8-16(11-15)13-21-18(23)17(22)20-10-9-14-5-2-1-3-6-14/h1-8,11H,9-10,12-13,19H2,(H,20,22)(H,21,23). The first kappa shape index (κ1) is 16.7. The van der Waals surface area contributed by atoms with Crippen molar-refractivity contribution in [3.05, 3.63) is 71.3 Å². The molecule has 2 amide bonds. The number of nitrogens with one attached hydrogen (secondary N) is 2. The van der Waals surface area contributed by atoms with Crippen LogP contribution in [0.4, 0.5) is 0 Å². The fourth-order valence-corrected chi connectivity index (χ4v) is 2.17. The Morgan fingerprint density at radius 1 is 0.826 bits per heavy atom. The first-order chi connectivity index (χ1) is 11.2. The summed E-state index contributed by atoms with van der Waals surface area (Å²) in [5, 5.41) is 5.23. The topological polar surface area (TPSA) is 84.2 Å². The van der Waals surface area contributed by atoms with Crippen LogP contribution < -0.4 is 16.4 Å². The van der Waals surface area contributed by atoms with Crippen molar-refractivity contribution in [3.63, 3.8) is 0 Å². The minimum absolute atomic E-state index is 0.304. The number of amides is 2. The van der Waals surface area contributed by atoms with E-state index in [1.165, 1.54) is 0 Å². The van der Waals surface area contributed by atoms with Gasteiger partial charge in [0.05, 0.1) is 0 Å². The van der Waals surface area contributed by atoms with Gasteiger partial charge in [0.15, 0.2) is 0 Å². The maximum absolute atomic E-state index is 11.8. The first-order valence-electron chi connectivity index (χ1n) is 7.57. The third-order valence-corrected chi connectivity index (χ3v) is 3.43. The fraction of sp³-hybridized carbons (Fsp3) is 0.222. The summed E-state index contributed by atoms with van der Waals surface area (Å²) in [5.41, 5.74) is 8.60. The molecule has 0 fully saturated rings. The van der Waals surface area contributed by atoms with Gasteiger partial charge in [-0.1, -0.05) is 54.6 Å². The summed E-state index contributed by atoms with van der Waals surface area (Å²) in [6, 6.07) is 17.4. The predicted octanol–water partition coefficient (Wildman–Crippen LogP) is 1.12. The monoisotopic (exact) mass is 311 g/mol. The molecule has 0 spiro atoms. The van der Waals surface area contributed by atoms with Gasteiger partial charge in [0.2, 0.25) is 0 Å². The van der Waals surface area contributed by atoms with E-state index in [1.54, 1.807) is 0 Å². The zero-order chi connectivity index (χ0) is 16.5. The molecule has 0 aliphatic carbocycles. The normalized spacial score (nSPS) is 10.1. The number of carbonyl (C=O) groups excluding carboxylic acids is 2. The van der Waals surface area contributed by atoms with Crippen molar-refractivity contribution >= 4 is 11.8 Å². The zero-order valence-electron chi connectivity index (χ0n) is 12.9. The number of rotatable bonds is 6. The molecular formula is C18H21N3O2. The molecule has 2 aromatic rings. The van der Waals surface area contributed by atoms with Crippen LogP contribution in [0.3, 0.4) is 0 Å². The highest BCUT2D eigenvalue weighted by Gasteiger charge is 2.12. The molecule has 23 heavy (non-hydrogen) atoms. The van der Waals surface area contributed by atoms with Gasteiger partial charge >= 0.3 is 11.8 Å². The number of hydrogen-bond donors (Lipinski definition) is 3. The second kappa shape index (κ2) is 8.70. The van der Waals surface area contributed by atoms with E-state index >= 15 is 0 Å². The average Bonchev–Trinajstić information content (AvgIpc) is 2.60. The first-order valence-corrected chi connectivity index (χ1v) is 7.57. The van der Waals surface area contributed by atoms with Gasteiger partial charge in [0, 0.05) is 19.6 Å². The molecule has 0 radical (unpaired) electrons. The lowest BCUT2D eigenvalue weighted by Gasteiger charge is -2.07. The van der Waals surface area contributed by atoms with Crippen molar-refractivity contribution in [1.29, 1.82) is 0 Å². The lowest BCUT2D eigenvalue weighted by molar-refractivity contribution is -0.139. The third-order valence-electron chi connectivity index (χ3n) is 3.43. The Bertz CT molecular complexity index is 656. The second-order valence-corrected chi connectivity index (χ2v) is 5.20. The van der Waals surface area contributed by atoms with Crippen molar-refractivity contribution < 1.29 is 9.59 Å². The molecular weight excluding hydrogens is 290 g/mol. The van der Waals surface area contributed by atoms with Crippen molar-refractivity contribution in [3.8, 4) is 0 Å². The van der Waals surface area contributed by atoms with E-state index in [4.69, 9.17) is 5.73 Å². The Balaban J connectivity index is 1.73. The Kier molecular flexibility index (Phi) is 6.32. The van der Waals surface area contributed by atoms with Crippen LogP contribution >= 0.6 is 0 Å². The Labute approximate surface area is 135 Å². The number of nitrogens with two attached hydrogens (primary N) is 1. The van der Waals surface area contributed by atoms with Crippen LogP contribution in [0, 0.1) is 0 Å². The molecule has 0 saturated carbocycles. The molecule has 120 valence electrons. The van der Waals surface area contributed by atoms with Crippen LogP contribution in [-0.4, -0.2) is 18.4 Å². The zero-order valence-corrected chi connectivity index (χ0v) is 12.9. The second-order valence-electron chi connectivity index (χ2n) is 5.20. The molecule has 0 saturated heterocycles. The molecule has 0 heterocycles. The minimum Gasteiger partial charge on any atom is -0.348 e. The summed E-state index contributed by atoms with van der Waals surface area (Å²) >= 11 is 0. The summed E-state index contributed by atoms with van der Waals surface area (Å²) in [6.07, 6.45) is 0.693. The molecule has 0 aliphatic heterocycles. The molecule has 2 rings (SSSR count). The smallest absolute Gasteiger partial charge is 0.309 e. The minimum atomic E-state index is -0.629. The van der Waals surface area contributed by atoms with Crippen LogP contribution in [0.25, 0.3) is 0 Å². The molecule has 0 aliphatic rings. The molecule has 4 N–H and O–H groups in total. The van der Waals surface area contributed by atoms with Gasteiger partial charge in [-0.25, -0.2) is 0 Å². The van der Waals surface area contributed by atoms with Crippen molar-refractivity contribution in [2.45, 2.75) is 19.5 Å². The molecule has 0 atom stereocenters. The van der Waals surface area contributed by atoms with E-state index in [1.807, 2.05) is 54.6 Å². The van der Waals surface area contributed by atoms with Gasteiger partial charge in [-0.3, -0.25) is 9.59 Å². The van der Waals surface area contributed by atoms with Gasteiger partial charge < -0.3 is 16.4 Å². The molecule has 0 aromatic heterocycles. The summed E-state index contributed by atoms with van der Waals surface area (Å²) in [6.45, 7) is 1.18. The van der Waals surface area contributed by atoms with Crippen molar-refractivity contribution in [2.24, 2.45) is 5.73 Å². The van der Waals surface area contributed by atoms with E-state index in [2.05, 4.69) is 10.6 Å². The van der Waals surface area contributed by atoms with E-state index in [0.29, 0.717) is 26.1 Å². The summed E-state index contributed by atoms with van der Waals surface area (Å²) in [5.74, 6) is -1.24. The van der Waals surface area contributed by atoms with Crippen LogP contribution in [0.5, 0.6) is 0 Å². The van der Waals surface area contributed by atoms with Crippen LogP contribution in [0.15, 0.2) is 54.6 Å². The highest BCUT2D eigenvalue weighted by molar-refractivity contribution is 6.35. The van der Waals surface area contributed by atoms with E-state index < -0.39 is 11.8 Å². The van der Waals surface area contributed by atoms with E-state index in [0.717, 1.165) is 16.7 Å². The maximum Gasteiger partial charge on any atom is 0.309 e. The molecule has 5 heteroatoms. The number of hydrogen-bond acceptors (Lipinski definition) is 3. The van der Waals surface area contributed by atoms with Crippen LogP contribution in [-0.2, 0) is 29.1 Å². The van der Waals surface area contributed by atoms with Crippen LogP contribution in [0.1, 0.15) is 16.7 Å². The quantitative estimate of drug-likeness (QED) is 0.699. The molecule has 2 aromatic carbocycles. The maximum atomic E-state index is 11.8. The number of carbonyl (C=O) groups is 2. The highest BCUT2D eigenvalue weighted by Crippen LogP contribution is 2.04.